The third kappa shape index (κ3) is 2.06. The van der Waals surface area contributed by atoms with Crippen LogP contribution in [0.1, 0.15) is 6.92 Å². The Bertz CT molecular complexity index is 289. The van der Waals surface area contributed by atoms with E-state index in [9.17, 15) is 0 Å². The SMILES string of the molecule is CCOc1ccc(Cl)c(Br)c1Cl. The van der Waals surface area contributed by atoms with Gasteiger partial charge in [0.25, 0.3) is 0 Å². The molecule has 0 aliphatic rings. The molecule has 1 nitrogen and oxygen atoms in total. The van der Waals surface area contributed by atoms with Crippen LogP contribution in [0.3, 0.4) is 0 Å². The summed E-state index contributed by atoms with van der Waals surface area (Å²) in [5, 5.41) is 1.10. The fraction of sp³-hybridized carbons (Fsp3) is 0.250. The molecule has 0 N–H and O–H groups in total. The molecule has 0 saturated carbocycles. The lowest BCUT2D eigenvalue weighted by atomic mass is 10.3. The van der Waals surface area contributed by atoms with Gasteiger partial charge in [0.1, 0.15) is 5.75 Å². The molecule has 0 atom stereocenters. The summed E-state index contributed by atoms with van der Waals surface area (Å²) in [7, 11) is 0. The third-order valence-corrected chi connectivity index (χ3v) is 3.27. The van der Waals surface area contributed by atoms with Gasteiger partial charge >= 0.3 is 0 Å². The fourth-order valence-corrected chi connectivity index (χ4v) is 1.53. The van der Waals surface area contributed by atoms with E-state index in [-0.39, 0.29) is 0 Å². The van der Waals surface area contributed by atoms with E-state index in [0.29, 0.717) is 26.9 Å². The average Bonchev–Trinajstić information content (AvgIpc) is 2.07. The second kappa shape index (κ2) is 4.35. The van der Waals surface area contributed by atoms with Crippen LogP contribution in [0.25, 0.3) is 0 Å². The van der Waals surface area contributed by atoms with Crippen LogP contribution in [0.2, 0.25) is 10.0 Å². The Morgan fingerprint density at radius 1 is 1.42 bits per heavy atom. The van der Waals surface area contributed by atoms with Gasteiger partial charge in [-0.1, -0.05) is 23.2 Å². The smallest absolute Gasteiger partial charge is 0.139 e. The van der Waals surface area contributed by atoms with Crippen LogP contribution in [0.5, 0.6) is 5.75 Å². The predicted octanol–water partition coefficient (Wildman–Crippen LogP) is 4.15. The minimum atomic E-state index is 0.518. The van der Waals surface area contributed by atoms with Crippen LogP contribution < -0.4 is 4.74 Å². The third-order valence-electron chi connectivity index (χ3n) is 1.30. The maximum atomic E-state index is 5.92. The Kier molecular flexibility index (Phi) is 3.69. The molecule has 0 heterocycles. The molecule has 0 aliphatic carbocycles. The van der Waals surface area contributed by atoms with E-state index in [1.54, 1.807) is 12.1 Å². The second-order valence-electron chi connectivity index (χ2n) is 2.11. The second-order valence-corrected chi connectivity index (χ2v) is 3.68. The number of ether oxygens (including phenoxy) is 1. The minimum absolute atomic E-state index is 0.518. The molecule has 0 spiro atoms. The van der Waals surface area contributed by atoms with Crippen LogP contribution in [0.4, 0.5) is 0 Å². The van der Waals surface area contributed by atoms with Crippen molar-refractivity contribution in [3.05, 3.63) is 26.7 Å². The largest absolute Gasteiger partial charge is 0.492 e. The Labute approximate surface area is 89.7 Å². The molecule has 0 amide bonds. The van der Waals surface area contributed by atoms with E-state index < -0.39 is 0 Å². The molecular weight excluding hydrogens is 263 g/mol. The molecule has 1 aromatic rings. The molecule has 0 unspecified atom stereocenters. The Balaban J connectivity index is 3.08. The van der Waals surface area contributed by atoms with Gasteiger partial charge in [0.2, 0.25) is 0 Å². The normalized spacial score (nSPS) is 10.0. The molecule has 0 aromatic heterocycles. The molecule has 12 heavy (non-hydrogen) atoms. The monoisotopic (exact) mass is 268 g/mol. The van der Waals surface area contributed by atoms with Gasteiger partial charge < -0.3 is 4.74 Å². The van der Waals surface area contributed by atoms with E-state index in [2.05, 4.69) is 15.9 Å². The minimum Gasteiger partial charge on any atom is -0.492 e. The highest BCUT2D eigenvalue weighted by Gasteiger charge is 2.07. The van der Waals surface area contributed by atoms with Crippen molar-refractivity contribution in [2.24, 2.45) is 0 Å². The summed E-state index contributed by atoms with van der Waals surface area (Å²) in [4.78, 5) is 0. The average molecular weight is 270 g/mol. The quantitative estimate of drug-likeness (QED) is 0.733. The summed E-state index contributed by atoms with van der Waals surface area (Å²) in [6.45, 7) is 2.49. The van der Waals surface area contributed by atoms with Crippen molar-refractivity contribution in [3.8, 4) is 5.75 Å². The number of hydrogen-bond acceptors (Lipinski definition) is 1. The summed E-state index contributed by atoms with van der Waals surface area (Å²) in [5.41, 5.74) is 0. The lowest BCUT2D eigenvalue weighted by Crippen LogP contribution is -1.92. The summed E-state index contributed by atoms with van der Waals surface area (Å²) in [6.07, 6.45) is 0. The van der Waals surface area contributed by atoms with Crippen molar-refractivity contribution in [2.75, 3.05) is 6.61 Å². The van der Waals surface area contributed by atoms with Crippen molar-refractivity contribution >= 4 is 39.1 Å². The van der Waals surface area contributed by atoms with Crippen LogP contribution >= 0.6 is 39.1 Å². The maximum Gasteiger partial charge on any atom is 0.139 e. The molecule has 66 valence electrons. The molecule has 1 rings (SSSR count). The molecule has 1 aromatic carbocycles. The Hall–Kier alpha value is 0.0800. The van der Waals surface area contributed by atoms with Gasteiger partial charge in [0.15, 0.2) is 0 Å². The molecule has 4 heteroatoms. The number of benzene rings is 1. The van der Waals surface area contributed by atoms with Gasteiger partial charge in [-0.05, 0) is 35.0 Å². The van der Waals surface area contributed by atoms with Gasteiger partial charge in [-0.3, -0.25) is 0 Å². The van der Waals surface area contributed by atoms with Crippen molar-refractivity contribution in [1.29, 1.82) is 0 Å². The van der Waals surface area contributed by atoms with Gasteiger partial charge in [-0.25, -0.2) is 0 Å². The zero-order valence-corrected chi connectivity index (χ0v) is 9.50. The number of halogens is 3. The van der Waals surface area contributed by atoms with E-state index >= 15 is 0 Å². The summed E-state index contributed by atoms with van der Waals surface area (Å²) in [6, 6.07) is 3.49. The van der Waals surface area contributed by atoms with Crippen LogP contribution in [0.15, 0.2) is 16.6 Å². The van der Waals surface area contributed by atoms with Gasteiger partial charge in [0, 0.05) is 0 Å². The van der Waals surface area contributed by atoms with Crippen LogP contribution in [0, 0.1) is 0 Å². The molecule has 0 bridgehead atoms. The molecule has 0 saturated heterocycles. The van der Waals surface area contributed by atoms with E-state index in [1.165, 1.54) is 0 Å². The van der Waals surface area contributed by atoms with Crippen molar-refractivity contribution in [1.82, 2.24) is 0 Å². The number of hydrogen-bond donors (Lipinski definition) is 0. The van der Waals surface area contributed by atoms with E-state index in [4.69, 9.17) is 27.9 Å². The Morgan fingerprint density at radius 2 is 2.08 bits per heavy atom. The fourth-order valence-electron chi connectivity index (χ4n) is 0.775. The zero-order chi connectivity index (χ0) is 9.14. The number of rotatable bonds is 2. The first-order chi connectivity index (χ1) is 5.66. The first kappa shape index (κ1) is 10.2. The lowest BCUT2D eigenvalue weighted by molar-refractivity contribution is 0.340. The van der Waals surface area contributed by atoms with Crippen molar-refractivity contribution < 1.29 is 4.74 Å². The van der Waals surface area contributed by atoms with Crippen LogP contribution in [-0.2, 0) is 0 Å². The highest BCUT2D eigenvalue weighted by Crippen LogP contribution is 2.37. The van der Waals surface area contributed by atoms with Crippen molar-refractivity contribution in [3.63, 3.8) is 0 Å². The summed E-state index contributed by atoms with van der Waals surface area (Å²) < 4.78 is 5.93. The highest BCUT2D eigenvalue weighted by molar-refractivity contribution is 9.10. The van der Waals surface area contributed by atoms with E-state index in [0.717, 1.165) is 0 Å². The standard InChI is InChI=1S/C8H7BrCl2O/c1-2-12-6-4-3-5(10)7(9)8(6)11/h3-4H,2H2,1H3. The molecule has 0 fully saturated rings. The molecular formula is C8H7BrCl2O. The van der Waals surface area contributed by atoms with Gasteiger partial charge in [0.05, 0.1) is 21.1 Å². The molecule has 0 aliphatic heterocycles. The molecule has 0 radical (unpaired) electrons. The first-order valence-corrected chi connectivity index (χ1v) is 4.98. The van der Waals surface area contributed by atoms with Gasteiger partial charge in [-0.15, -0.1) is 0 Å². The van der Waals surface area contributed by atoms with Crippen molar-refractivity contribution in [2.45, 2.75) is 6.92 Å². The maximum absolute atomic E-state index is 5.92. The lowest BCUT2D eigenvalue weighted by Gasteiger charge is -2.07. The first-order valence-electron chi connectivity index (χ1n) is 3.43. The predicted molar refractivity (Wildman–Crippen MR) is 55.3 cm³/mol. The zero-order valence-electron chi connectivity index (χ0n) is 6.40. The topological polar surface area (TPSA) is 9.23 Å². The van der Waals surface area contributed by atoms with Gasteiger partial charge in [-0.2, -0.15) is 0 Å². The van der Waals surface area contributed by atoms with Crippen LogP contribution in [-0.4, -0.2) is 6.61 Å². The highest BCUT2D eigenvalue weighted by atomic mass is 79.9. The van der Waals surface area contributed by atoms with E-state index in [1.807, 2.05) is 6.92 Å². The summed E-state index contributed by atoms with van der Waals surface area (Å²) >= 11 is 15.0. The Morgan fingerprint density at radius 3 is 2.67 bits per heavy atom. The summed E-state index contributed by atoms with van der Waals surface area (Å²) in [5.74, 6) is 0.649.